The number of alkyl halides is 3. The summed E-state index contributed by atoms with van der Waals surface area (Å²) < 4.78 is 49.0. The first kappa shape index (κ1) is 27.6. The van der Waals surface area contributed by atoms with Gasteiger partial charge in [-0.1, -0.05) is 0 Å². The summed E-state index contributed by atoms with van der Waals surface area (Å²) in [6.45, 7) is 0.453. The number of halogens is 3. The maximum absolute atomic E-state index is 12.5. The van der Waals surface area contributed by atoms with Gasteiger partial charge in [0.15, 0.2) is 17.7 Å². The number of benzene rings is 1. The highest BCUT2D eigenvalue weighted by Gasteiger charge is 2.45. The molecule has 3 aromatic heterocycles. The second-order valence-electron chi connectivity index (χ2n) is 10.9. The molecule has 5 N–H and O–H groups in total. The minimum Gasteiger partial charge on any atom is -0.406 e. The van der Waals surface area contributed by atoms with Crippen molar-refractivity contribution in [2.24, 2.45) is 5.92 Å². The lowest BCUT2D eigenvalue weighted by atomic mass is 9.76. The van der Waals surface area contributed by atoms with Gasteiger partial charge in [-0.3, -0.25) is 4.57 Å². The minimum atomic E-state index is -4.74. The lowest BCUT2D eigenvalue weighted by molar-refractivity contribution is -0.274. The van der Waals surface area contributed by atoms with E-state index in [1.165, 1.54) is 30.9 Å². The van der Waals surface area contributed by atoms with Crippen LogP contribution in [0.4, 0.5) is 19.0 Å². The van der Waals surface area contributed by atoms with Crippen LogP contribution >= 0.6 is 0 Å². The number of nitrogens with one attached hydrogen (secondary N) is 1. The number of aliphatic hydroxyl groups is 2. The molecule has 220 valence electrons. The second-order valence-corrected chi connectivity index (χ2v) is 10.9. The number of rotatable bonds is 9. The number of aromatic amines is 1. The number of anilines is 1. The molecule has 2 aliphatic rings. The first-order valence-corrected chi connectivity index (χ1v) is 13.4. The van der Waals surface area contributed by atoms with Crippen LogP contribution in [0.2, 0.25) is 0 Å². The molecule has 0 bridgehead atoms. The molecule has 0 unspecified atom stereocenters. The molecular weight excluding hydrogens is 545 g/mol. The van der Waals surface area contributed by atoms with Crippen molar-refractivity contribution in [2.45, 2.75) is 69.0 Å². The molecule has 2 fully saturated rings. The molecule has 12 nitrogen and oxygen atoms in total. The molecule has 1 saturated carbocycles. The highest BCUT2D eigenvalue weighted by Crippen LogP contribution is 2.37. The summed E-state index contributed by atoms with van der Waals surface area (Å²) in [6.07, 6.45) is -1.00. The number of aryl methyl sites for hydroxylation is 1. The van der Waals surface area contributed by atoms with Crippen LogP contribution in [0.15, 0.2) is 30.9 Å². The van der Waals surface area contributed by atoms with Gasteiger partial charge in [-0.15, -0.1) is 13.2 Å². The number of hydrogen-bond donors (Lipinski definition) is 4. The molecule has 0 amide bonds. The quantitative estimate of drug-likeness (QED) is 0.233. The Labute approximate surface area is 232 Å². The van der Waals surface area contributed by atoms with Crippen LogP contribution < -0.4 is 10.5 Å². The normalized spacial score (nSPS) is 26.7. The van der Waals surface area contributed by atoms with Crippen LogP contribution in [0.3, 0.4) is 0 Å². The fourth-order valence-electron chi connectivity index (χ4n) is 5.81. The molecule has 1 aliphatic heterocycles. The summed E-state index contributed by atoms with van der Waals surface area (Å²) >= 11 is 0. The number of H-pyrrole nitrogens is 1. The van der Waals surface area contributed by atoms with E-state index < -0.39 is 30.9 Å². The van der Waals surface area contributed by atoms with Gasteiger partial charge < -0.3 is 35.3 Å². The number of imidazole rings is 2. The molecule has 1 aliphatic carbocycles. The number of hydrogen-bond acceptors (Lipinski definition) is 10. The highest BCUT2D eigenvalue weighted by molar-refractivity contribution is 5.81. The van der Waals surface area contributed by atoms with E-state index in [4.69, 9.17) is 10.5 Å². The first-order chi connectivity index (χ1) is 19.6. The number of ether oxygens (including phenoxy) is 2. The Morgan fingerprint density at radius 1 is 1.20 bits per heavy atom. The van der Waals surface area contributed by atoms with Crippen molar-refractivity contribution in [2.75, 3.05) is 19.3 Å². The van der Waals surface area contributed by atoms with E-state index in [2.05, 4.69) is 34.6 Å². The van der Waals surface area contributed by atoms with Gasteiger partial charge in [0, 0.05) is 25.1 Å². The Balaban J connectivity index is 0.965. The van der Waals surface area contributed by atoms with Crippen LogP contribution in [-0.2, 0) is 11.2 Å². The average Bonchev–Trinajstić information content (AvgIpc) is 3.56. The molecule has 0 spiro atoms. The maximum Gasteiger partial charge on any atom is 0.573 e. The predicted molar refractivity (Wildman–Crippen MR) is 141 cm³/mol. The van der Waals surface area contributed by atoms with Crippen LogP contribution in [0.1, 0.15) is 37.7 Å². The summed E-state index contributed by atoms with van der Waals surface area (Å²) in [5.41, 5.74) is 7.80. The molecule has 4 aromatic rings. The Hall–Kier alpha value is -3.53. The average molecular weight is 577 g/mol. The van der Waals surface area contributed by atoms with Gasteiger partial charge in [-0.05, 0) is 50.8 Å². The number of aromatic nitrogens is 6. The number of fused-ring (bicyclic) bond motifs is 2. The van der Waals surface area contributed by atoms with Crippen molar-refractivity contribution in [3.05, 3.63) is 36.7 Å². The SMILES string of the molecule is CN(C[C@H]1O[C@@H](n2cnc3c(N)ncnc32)[C@H](O)[C@@H]1O)[C@H]1C[C@@H](CCCc2nc3cc(OC(F)(F)F)ccc3[nH]2)C1. The smallest absolute Gasteiger partial charge is 0.406 e. The fraction of sp³-hybridized carbons (Fsp3) is 0.538. The monoisotopic (exact) mass is 576 g/mol. The topological polar surface area (TPSA) is 160 Å². The Morgan fingerprint density at radius 3 is 2.78 bits per heavy atom. The van der Waals surface area contributed by atoms with Crippen LogP contribution in [0.25, 0.3) is 22.2 Å². The zero-order valence-corrected chi connectivity index (χ0v) is 22.2. The van der Waals surface area contributed by atoms with Crippen LogP contribution in [0, 0.1) is 5.92 Å². The lowest BCUT2D eigenvalue weighted by Gasteiger charge is -2.42. The van der Waals surface area contributed by atoms with E-state index in [1.54, 1.807) is 4.57 Å². The third-order valence-corrected chi connectivity index (χ3v) is 8.06. The van der Waals surface area contributed by atoms with Crippen molar-refractivity contribution < 1.29 is 32.9 Å². The minimum absolute atomic E-state index is 0.226. The molecule has 6 rings (SSSR count). The highest BCUT2D eigenvalue weighted by atomic mass is 19.4. The number of aliphatic hydroxyl groups excluding tert-OH is 2. The lowest BCUT2D eigenvalue weighted by Crippen LogP contribution is -2.47. The van der Waals surface area contributed by atoms with E-state index in [0.717, 1.165) is 31.5 Å². The Morgan fingerprint density at radius 2 is 2.00 bits per heavy atom. The third kappa shape index (κ3) is 5.66. The molecule has 4 atom stereocenters. The second kappa shape index (κ2) is 10.7. The van der Waals surface area contributed by atoms with E-state index in [-0.39, 0.29) is 11.6 Å². The van der Waals surface area contributed by atoms with Crippen molar-refractivity contribution >= 4 is 28.0 Å². The van der Waals surface area contributed by atoms with Gasteiger partial charge in [0.2, 0.25) is 0 Å². The van der Waals surface area contributed by atoms with Gasteiger partial charge in [0.1, 0.15) is 41.7 Å². The molecule has 41 heavy (non-hydrogen) atoms. The zero-order valence-electron chi connectivity index (χ0n) is 22.2. The maximum atomic E-state index is 12.5. The summed E-state index contributed by atoms with van der Waals surface area (Å²) in [5, 5.41) is 21.4. The summed E-state index contributed by atoms with van der Waals surface area (Å²) in [4.78, 5) is 22.1. The molecule has 1 saturated heterocycles. The Kier molecular flexibility index (Phi) is 7.21. The first-order valence-electron chi connectivity index (χ1n) is 13.4. The number of nitrogens with two attached hydrogens (primary N) is 1. The van der Waals surface area contributed by atoms with Crippen molar-refractivity contribution in [3.63, 3.8) is 0 Å². The van der Waals surface area contributed by atoms with Gasteiger partial charge in [0.25, 0.3) is 0 Å². The Bertz CT molecular complexity index is 1520. The third-order valence-electron chi connectivity index (χ3n) is 8.06. The van der Waals surface area contributed by atoms with Crippen molar-refractivity contribution in [1.29, 1.82) is 0 Å². The fourth-order valence-corrected chi connectivity index (χ4v) is 5.81. The largest absolute Gasteiger partial charge is 0.573 e. The molecular formula is C26H31F3N8O4. The van der Waals surface area contributed by atoms with Gasteiger partial charge in [-0.2, -0.15) is 0 Å². The standard InChI is InChI=1S/C26H31F3N8O4/c1-36(10-18-21(38)22(39)25(40-18)37-12-33-20-23(30)31-11-32-24(20)37)14-7-13(8-14)3-2-4-19-34-16-6-5-15(9-17(16)35-19)41-26(27,28)29/h5-6,9,11-14,18,21-22,25,38-39H,2-4,7-8,10H2,1H3,(H,34,35)(H2,30,31,32)/t13-,14+,18-,21-,22-,25-/m1/s1. The molecule has 1 aromatic carbocycles. The summed E-state index contributed by atoms with van der Waals surface area (Å²) in [7, 11) is 1.99. The molecule has 4 heterocycles. The molecule has 0 radical (unpaired) electrons. The van der Waals surface area contributed by atoms with E-state index in [1.807, 2.05) is 7.05 Å². The number of nitrogens with zero attached hydrogens (tertiary/aromatic N) is 6. The van der Waals surface area contributed by atoms with Gasteiger partial charge in [0.05, 0.1) is 17.4 Å². The van der Waals surface area contributed by atoms with Crippen molar-refractivity contribution in [3.8, 4) is 5.75 Å². The van der Waals surface area contributed by atoms with Gasteiger partial charge >= 0.3 is 6.36 Å². The molecule has 15 heteroatoms. The van der Waals surface area contributed by atoms with Crippen LogP contribution in [0.5, 0.6) is 5.75 Å². The number of likely N-dealkylation sites (N-methyl/N-ethyl adjacent to an activating group) is 1. The van der Waals surface area contributed by atoms with Crippen LogP contribution in [-0.4, -0.2) is 88.9 Å². The number of nitrogen functional groups attached to an aromatic ring is 1. The van der Waals surface area contributed by atoms with E-state index in [9.17, 15) is 23.4 Å². The summed E-state index contributed by atoms with van der Waals surface area (Å²) in [5.74, 6) is 1.22. The zero-order chi connectivity index (χ0) is 28.9. The van der Waals surface area contributed by atoms with E-state index in [0.29, 0.717) is 47.1 Å². The summed E-state index contributed by atoms with van der Waals surface area (Å²) in [6, 6.07) is 4.42. The predicted octanol–water partition coefficient (Wildman–Crippen LogP) is 2.54. The van der Waals surface area contributed by atoms with E-state index >= 15 is 0 Å². The van der Waals surface area contributed by atoms with Crippen molar-refractivity contribution in [1.82, 2.24) is 34.4 Å². The van der Waals surface area contributed by atoms with Gasteiger partial charge in [-0.25, -0.2) is 19.9 Å².